The molecule has 1 aliphatic heterocycles. The maximum atomic E-state index is 12.5. The number of guanidine groups is 1. The van der Waals surface area contributed by atoms with Gasteiger partial charge in [-0.15, -0.1) is 0 Å². The normalized spacial score (nSPS) is 24.7. The van der Waals surface area contributed by atoms with E-state index in [2.05, 4.69) is 20.1 Å². The molecule has 3 fully saturated rings. The number of nitrogens with two attached hydrogens (primary N) is 1. The van der Waals surface area contributed by atoms with Crippen molar-refractivity contribution in [2.45, 2.75) is 51.0 Å². The van der Waals surface area contributed by atoms with E-state index in [4.69, 9.17) is 5.73 Å². The highest BCUT2D eigenvalue weighted by molar-refractivity contribution is 5.79. The molecule has 6 heteroatoms. The molecule has 2 saturated carbocycles. The zero-order valence-corrected chi connectivity index (χ0v) is 14.2. The first kappa shape index (κ1) is 16.6. The molecule has 0 spiro atoms. The summed E-state index contributed by atoms with van der Waals surface area (Å²) in [7, 11) is 0. The van der Waals surface area contributed by atoms with Gasteiger partial charge >= 0.3 is 0 Å². The Bertz CT molecular complexity index is 421. The topological polar surface area (TPSA) is 74.0 Å². The molecule has 0 aromatic carbocycles. The van der Waals surface area contributed by atoms with Crippen LogP contribution in [0.2, 0.25) is 0 Å². The summed E-state index contributed by atoms with van der Waals surface area (Å²) in [5.41, 5.74) is 5.84. The fraction of sp³-hybridized carbons (Fsp3) is 0.882. The number of hydrogen-bond donors (Lipinski definition) is 2. The highest BCUT2D eigenvalue weighted by Gasteiger charge is 2.28. The van der Waals surface area contributed by atoms with Crippen LogP contribution in [0.5, 0.6) is 0 Å². The third-order valence-electron chi connectivity index (χ3n) is 5.27. The number of nitrogens with one attached hydrogen (secondary N) is 1. The van der Waals surface area contributed by atoms with Gasteiger partial charge in [0.1, 0.15) is 0 Å². The Labute approximate surface area is 139 Å². The minimum absolute atomic E-state index is 0.299. The molecule has 0 bridgehead atoms. The van der Waals surface area contributed by atoms with Gasteiger partial charge in [-0.1, -0.05) is 19.3 Å². The molecule has 1 heterocycles. The zero-order chi connectivity index (χ0) is 16.1. The SMILES string of the molecule is NC(=NCCN1CCN(C(=O)C2CCCCC2)CC1)NC1CC1. The van der Waals surface area contributed by atoms with Crippen LogP contribution < -0.4 is 11.1 Å². The van der Waals surface area contributed by atoms with Crippen LogP contribution in [0.4, 0.5) is 0 Å². The average molecular weight is 321 g/mol. The lowest BCUT2D eigenvalue weighted by Gasteiger charge is -2.37. The van der Waals surface area contributed by atoms with Gasteiger partial charge in [0.25, 0.3) is 0 Å². The smallest absolute Gasteiger partial charge is 0.225 e. The first-order chi connectivity index (χ1) is 11.2. The summed E-state index contributed by atoms with van der Waals surface area (Å²) in [6.07, 6.45) is 8.38. The molecule has 0 unspecified atom stereocenters. The Hall–Kier alpha value is -1.30. The Morgan fingerprint density at radius 3 is 2.39 bits per heavy atom. The van der Waals surface area contributed by atoms with Gasteiger partial charge in [-0.05, 0) is 25.7 Å². The van der Waals surface area contributed by atoms with Crippen LogP contribution in [0.1, 0.15) is 44.9 Å². The van der Waals surface area contributed by atoms with E-state index in [9.17, 15) is 4.79 Å². The van der Waals surface area contributed by atoms with Crippen molar-refractivity contribution < 1.29 is 4.79 Å². The lowest BCUT2D eigenvalue weighted by Crippen LogP contribution is -2.51. The fourth-order valence-corrected chi connectivity index (χ4v) is 3.59. The number of amides is 1. The van der Waals surface area contributed by atoms with Crippen LogP contribution in [0.15, 0.2) is 4.99 Å². The Morgan fingerprint density at radius 1 is 1.04 bits per heavy atom. The quantitative estimate of drug-likeness (QED) is 0.580. The van der Waals surface area contributed by atoms with E-state index in [-0.39, 0.29) is 0 Å². The molecule has 0 aromatic heterocycles. The predicted octanol–water partition coefficient (Wildman–Crippen LogP) is 0.778. The summed E-state index contributed by atoms with van der Waals surface area (Å²) in [4.78, 5) is 21.4. The van der Waals surface area contributed by atoms with Crippen molar-refractivity contribution in [3.05, 3.63) is 0 Å². The molecular formula is C17H31N5O. The van der Waals surface area contributed by atoms with Gasteiger partial charge in [0, 0.05) is 44.7 Å². The molecule has 3 N–H and O–H groups in total. The highest BCUT2D eigenvalue weighted by Crippen LogP contribution is 2.25. The van der Waals surface area contributed by atoms with E-state index < -0.39 is 0 Å². The molecule has 0 aromatic rings. The van der Waals surface area contributed by atoms with Crippen molar-refractivity contribution in [2.75, 3.05) is 39.3 Å². The molecule has 23 heavy (non-hydrogen) atoms. The fourth-order valence-electron chi connectivity index (χ4n) is 3.59. The molecule has 1 saturated heterocycles. The van der Waals surface area contributed by atoms with E-state index in [0.29, 0.717) is 23.8 Å². The lowest BCUT2D eigenvalue weighted by molar-refractivity contribution is -0.138. The predicted molar refractivity (Wildman–Crippen MR) is 92.2 cm³/mol. The third-order valence-corrected chi connectivity index (χ3v) is 5.27. The molecule has 0 atom stereocenters. The number of rotatable bonds is 5. The highest BCUT2D eigenvalue weighted by atomic mass is 16.2. The van der Waals surface area contributed by atoms with Gasteiger partial charge in [-0.2, -0.15) is 0 Å². The van der Waals surface area contributed by atoms with E-state index in [1.807, 2.05) is 0 Å². The summed E-state index contributed by atoms with van der Waals surface area (Å²) in [6.45, 7) is 5.33. The maximum absolute atomic E-state index is 12.5. The lowest BCUT2D eigenvalue weighted by atomic mass is 9.88. The number of aliphatic imine (C=N–C) groups is 1. The minimum atomic E-state index is 0.299. The van der Waals surface area contributed by atoms with E-state index in [1.165, 1.54) is 32.1 Å². The summed E-state index contributed by atoms with van der Waals surface area (Å²) in [5, 5.41) is 3.21. The van der Waals surface area contributed by atoms with E-state index >= 15 is 0 Å². The first-order valence-corrected chi connectivity index (χ1v) is 9.30. The van der Waals surface area contributed by atoms with E-state index in [0.717, 1.165) is 52.1 Å². The van der Waals surface area contributed by atoms with Crippen molar-refractivity contribution in [1.29, 1.82) is 0 Å². The number of piperazine rings is 1. The van der Waals surface area contributed by atoms with Crippen molar-refractivity contribution >= 4 is 11.9 Å². The molecule has 2 aliphatic carbocycles. The van der Waals surface area contributed by atoms with Crippen LogP contribution in [-0.2, 0) is 4.79 Å². The monoisotopic (exact) mass is 321 g/mol. The second-order valence-corrected chi connectivity index (χ2v) is 7.19. The van der Waals surface area contributed by atoms with Gasteiger partial charge in [0.2, 0.25) is 5.91 Å². The van der Waals surface area contributed by atoms with Gasteiger partial charge in [-0.3, -0.25) is 14.7 Å². The summed E-state index contributed by atoms with van der Waals surface area (Å²) in [6, 6.07) is 0.563. The van der Waals surface area contributed by atoms with Crippen LogP contribution in [-0.4, -0.2) is 67.0 Å². The average Bonchev–Trinajstić information content (AvgIpc) is 3.39. The first-order valence-electron chi connectivity index (χ1n) is 9.30. The number of hydrogen-bond acceptors (Lipinski definition) is 3. The number of nitrogens with zero attached hydrogens (tertiary/aromatic N) is 3. The van der Waals surface area contributed by atoms with Gasteiger partial charge in [0.05, 0.1) is 6.54 Å². The molecule has 6 nitrogen and oxygen atoms in total. The Kier molecular flexibility index (Phi) is 5.75. The molecular weight excluding hydrogens is 290 g/mol. The third kappa shape index (κ3) is 5.09. The van der Waals surface area contributed by atoms with Gasteiger partial charge < -0.3 is 16.0 Å². The van der Waals surface area contributed by atoms with Crippen molar-refractivity contribution in [3.8, 4) is 0 Å². The van der Waals surface area contributed by atoms with Gasteiger partial charge in [-0.25, -0.2) is 0 Å². The summed E-state index contributed by atoms with van der Waals surface area (Å²) >= 11 is 0. The minimum Gasteiger partial charge on any atom is -0.370 e. The second kappa shape index (κ2) is 7.99. The molecule has 0 radical (unpaired) electrons. The van der Waals surface area contributed by atoms with Crippen molar-refractivity contribution in [3.63, 3.8) is 0 Å². The molecule has 1 amide bonds. The molecule has 3 aliphatic rings. The van der Waals surface area contributed by atoms with Crippen LogP contribution in [0.3, 0.4) is 0 Å². The Balaban J connectivity index is 1.33. The number of carbonyl (C=O) groups is 1. The largest absolute Gasteiger partial charge is 0.370 e. The Morgan fingerprint density at radius 2 is 1.74 bits per heavy atom. The number of carbonyl (C=O) groups excluding carboxylic acids is 1. The van der Waals surface area contributed by atoms with Crippen LogP contribution in [0.25, 0.3) is 0 Å². The van der Waals surface area contributed by atoms with Crippen LogP contribution in [0, 0.1) is 5.92 Å². The maximum Gasteiger partial charge on any atom is 0.225 e. The van der Waals surface area contributed by atoms with Gasteiger partial charge in [0.15, 0.2) is 5.96 Å². The molecule has 130 valence electrons. The summed E-state index contributed by atoms with van der Waals surface area (Å²) < 4.78 is 0. The second-order valence-electron chi connectivity index (χ2n) is 7.19. The molecule has 3 rings (SSSR count). The van der Waals surface area contributed by atoms with Crippen molar-refractivity contribution in [1.82, 2.24) is 15.1 Å². The standard InChI is InChI=1S/C17H31N5O/c18-17(20-15-6-7-15)19-8-9-21-10-12-22(13-11-21)16(23)14-4-2-1-3-5-14/h14-15H,1-13H2,(H3,18,19,20). The van der Waals surface area contributed by atoms with E-state index in [1.54, 1.807) is 0 Å². The summed E-state index contributed by atoms with van der Waals surface area (Å²) in [5.74, 6) is 1.28. The van der Waals surface area contributed by atoms with Crippen LogP contribution >= 0.6 is 0 Å². The van der Waals surface area contributed by atoms with Crippen molar-refractivity contribution in [2.24, 2.45) is 16.6 Å². The zero-order valence-electron chi connectivity index (χ0n) is 14.2.